The number of hydrogen-bond acceptors (Lipinski definition) is 4. The Labute approximate surface area is 156 Å². The summed E-state index contributed by atoms with van der Waals surface area (Å²) in [6.07, 6.45) is 0.310. The fourth-order valence-electron chi connectivity index (χ4n) is 2.62. The molecule has 3 aromatic rings. The molecule has 0 bridgehead atoms. The van der Waals surface area contributed by atoms with Crippen molar-refractivity contribution in [3.63, 3.8) is 0 Å². The Bertz CT molecular complexity index is 909. The Morgan fingerprint density at radius 3 is 2.44 bits per heavy atom. The molecule has 0 unspecified atom stereocenters. The monoisotopic (exact) mass is 366 g/mol. The van der Waals surface area contributed by atoms with E-state index >= 15 is 0 Å². The quantitative estimate of drug-likeness (QED) is 0.586. The highest BCUT2D eigenvalue weighted by Gasteiger charge is 2.07. The van der Waals surface area contributed by atoms with Gasteiger partial charge in [0.25, 0.3) is 0 Å². The zero-order chi connectivity index (χ0) is 19.2. The van der Waals surface area contributed by atoms with Crippen LogP contribution < -0.4 is 5.32 Å². The van der Waals surface area contributed by atoms with E-state index in [4.69, 9.17) is 10.2 Å². The second-order valence-corrected chi connectivity index (χ2v) is 6.13. The van der Waals surface area contributed by atoms with Crippen LogP contribution in [0.4, 0.5) is 4.39 Å². The SMILES string of the molecule is O=C(Cc1ccc(-c2ccc(C(O)O)cc2)nc1)NCc1cccc(F)c1. The van der Waals surface area contributed by atoms with Gasteiger partial charge in [-0.25, -0.2) is 4.39 Å². The average molecular weight is 366 g/mol. The van der Waals surface area contributed by atoms with Crippen LogP contribution in [-0.2, 0) is 17.8 Å². The third kappa shape index (κ3) is 5.20. The average Bonchev–Trinajstić information content (AvgIpc) is 2.67. The molecule has 0 atom stereocenters. The van der Waals surface area contributed by atoms with Crippen molar-refractivity contribution in [1.82, 2.24) is 10.3 Å². The van der Waals surface area contributed by atoms with Crippen LogP contribution in [0, 0.1) is 5.82 Å². The molecule has 0 saturated heterocycles. The number of pyridine rings is 1. The molecule has 0 fully saturated rings. The highest BCUT2D eigenvalue weighted by Crippen LogP contribution is 2.20. The lowest BCUT2D eigenvalue weighted by Crippen LogP contribution is -2.24. The van der Waals surface area contributed by atoms with Gasteiger partial charge >= 0.3 is 0 Å². The largest absolute Gasteiger partial charge is 0.364 e. The van der Waals surface area contributed by atoms with E-state index < -0.39 is 6.29 Å². The molecule has 0 spiro atoms. The number of nitrogens with one attached hydrogen (secondary N) is 1. The minimum Gasteiger partial charge on any atom is -0.364 e. The maximum Gasteiger partial charge on any atom is 0.224 e. The second kappa shape index (κ2) is 8.53. The number of aromatic nitrogens is 1. The van der Waals surface area contributed by atoms with Crippen LogP contribution in [0.1, 0.15) is 23.0 Å². The molecule has 27 heavy (non-hydrogen) atoms. The Balaban J connectivity index is 1.57. The molecule has 3 N–H and O–H groups in total. The number of nitrogens with zero attached hydrogens (tertiary/aromatic N) is 1. The molecule has 0 radical (unpaired) electrons. The number of aliphatic hydroxyl groups is 2. The number of aliphatic hydroxyl groups excluding tert-OH is 1. The molecule has 0 aliphatic rings. The Kier molecular flexibility index (Phi) is 5.90. The number of amides is 1. The summed E-state index contributed by atoms with van der Waals surface area (Å²) in [4.78, 5) is 16.4. The van der Waals surface area contributed by atoms with Crippen molar-refractivity contribution < 1.29 is 19.4 Å². The molecular formula is C21H19FN2O3. The Morgan fingerprint density at radius 1 is 1.04 bits per heavy atom. The van der Waals surface area contributed by atoms with Crippen molar-refractivity contribution in [2.24, 2.45) is 0 Å². The Hall–Kier alpha value is -3.09. The minimum absolute atomic E-state index is 0.171. The van der Waals surface area contributed by atoms with Crippen molar-refractivity contribution in [1.29, 1.82) is 0 Å². The van der Waals surface area contributed by atoms with E-state index in [1.165, 1.54) is 12.1 Å². The predicted molar refractivity (Wildman–Crippen MR) is 98.8 cm³/mol. The van der Waals surface area contributed by atoms with Crippen molar-refractivity contribution >= 4 is 5.91 Å². The first-order chi connectivity index (χ1) is 13.0. The highest BCUT2D eigenvalue weighted by atomic mass is 19.1. The molecule has 5 nitrogen and oxygen atoms in total. The first-order valence-corrected chi connectivity index (χ1v) is 8.44. The standard InChI is InChI=1S/C21H19FN2O3/c22-18-3-1-2-14(10-18)13-24-20(25)11-15-4-9-19(23-12-15)16-5-7-17(8-6-16)21(26)27/h1-10,12,21,26-27H,11,13H2,(H,24,25). The topological polar surface area (TPSA) is 82.5 Å². The lowest BCUT2D eigenvalue weighted by molar-refractivity contribution is -0.120. The molecule has 1 heterocycles. The summed E-state index contributed by atoms with van der Waals surface area (Å²) in [5.74, 6) is -0.502. The first-order valence-electron chi connectivity index (χ1n) is 8.44. The number of carbonyl (C=O) groups is 1. The van der Waals surface area contributed by atoms with Crippen LogP contribution >= 0.6 is 0 Å². The van der Waals surface area contributed by atoms with E-state index in [9.17, 15) is 9.18 Å². The molecule has 2 aromatic carbocycles. The van der Waals surface area contributed by atoms with Gasteiger partial charge in [0.05, 0.1) is 12.1 Å². The first kappa shape index (κ1) is 18.7. The third-order valence-electron chi connectivity index (χ3n) is 4.07. The van der Waals surface area contributed by atoms with Gasteiger partial charge in [0, 0.05) is 23.9 Å². The van der Waals surface area contributed by atoms with Crippen LogP contribution in [0.5, 0.6) is 0 Å². The van der Waals surface area contributed by atoms with Crippen molar-refractivity contribution in [3.05, 3.63) is 89.4 Å². The maximum atomic E-state index is 13.1. The van der Waals surface area contributed by atoms with Gasteiger partial charge in [0.2, 0.25) is 5.91 Å². The molecule has 6 heteroatoms. The molecule has 1 aromatic heterocycles. The Morgan fingerprint density at radius 2 is 1.81 bits per heavy atom. The lowest BCUT2D eigenvalue weighted by Gasteiger charge is -2.07. The van der Waals surface area contributed by atoms with Crippen LogP contribution in [-0.4, -0.2) is 21.1 Å². The summed E-state index contributed by atoms with van der Waals surface area (Å²) < 4.78 is 13.1. The fourth-order valence-corrected chi connectivity index (χ4v) is 2.62. The van der Waals surface area contributed by atoms with Crippen LogP contribution in [0.25, 0.3) is 11.3 Å². The van der Waals surface area contributed by atoms with Gasteiger partial charge in [-0.05, 0) is 29.3 Å². The zero-order valence-electron chi connectivity index (χ0n) is 14.5. The van der Waals surface area contributed by atoms with E-state index in [0.717, 1.165) is 16.8 Å². The number of benzene rings is 2. The van der Waals surface area contributed by atoms with E-state index in [0.29, 0.717) is 11.1 Å². The highest BCUT2D eigenvalue weighted by molar-refractivity contribution is 5.78. The van der Waals surface area contributed by atoms with Gasteiger partial charge in [-0.15, -0.1) is 0 Å². The number of halogens is 1. The molecular weight excluding hydrogens is 347 g/mol. The summed E-state index contributed by atoms with van der Waals surface area (Å²) >= 11 is 0. The van der Waals surface area contributed by atoms with E-state index in [-0.39, 0.29) is 24.7 Å². The van der Waals surface area contributed by atoms with Gasteiger partial charge < -0.3 is 15.5 Å². The fraction of sp³-hybridized carbons (Fsp3) is 0.143. The normalized spacial score (nSPS) is 10.8. The lowest BCUT2D eigenvalue weighted by atomic mass is 10.1. The number of rotatable bonds is 6. The predicted octanol–water partition coefficient (Wildman–Crippen LogP) is 2.73. The maximum absolute atomic E-state index is 13.1. The van der Waals surface area contributed by atoms with Gasteiger partial charge in [-0.1, -0.05) is 42.5 Å². The summed E-state index contributed by atoms with van der Waals surface area (Å²) in [6.45, 7) is 0.269. The smallest absolute Gasteiger partial charge is 0.224 e. The summed E-state index contributed by atoms with van der Waals surface area (Å²) in [7, 11) is 0. The van der Waals surface area contributed by atoms with Crippen molar-refractivity contribution in [3.8, 4) is 11.3 Å². The molecule has 3 rings (SSSR count). The van der Waals surface area contributed by atoms with Gasteiger partial charge in [0.1, 0.15) is 5.82 Å². The number of hydrogen-bond donors (Lipinski definition) is 3. The van der Waals surface area contributed by atoms with Crippen LogP contribution in [0.3, 0.4) is 0 Å². The van der Waals surface area contributed by atoms with Crippen molar-refractivity contribution in [2.75, 3.05) is 0 Å². The van der Waals surface area contributed by atoms with Gasteiger partial charge in [-0.3, -0.25) is 9.78 Å². The van der Waals surface area contributed by atoms with Gasteiger partial charge in [0.15, 0.2) is 6.29 Å². The van der Waals surface area contributed by atoms with E-state index in [1.54, 1.807) is 48.7 Å². The molecule has 0 aliphatic heterocycles. The van der Waals surface area contributed by atoms with Gasteiger partial charge in [-0.2, -0.15) is 0 Å². The molecule has 0 saturated carbocycles. The summed E-state index contributed by atoms with van der Waals surface area (Å²) in [5.41, 5.74) is 3.43. The third-order valence-corrected chi connectivity index (χ3v) is 4.07. The van der Waals surface area contributed by atoms with Crippen LogP contribution in [0.2, 0.25) is 0 Å². The second-order valence-electron chi connectivity index (χ2n) is 6.13. The van der Waals surface area contributed by atoms with Crippen molar-refractivity contribution in [2.45, 2.75) is 19.3 Å². The molecule has 1 amide bonds. The minimum atomic E-state index is -1.50. The molecule has 138 valence electrons. The number of carbonyl (C=O) groups excluding carboxylic acids is 1. The summed E-state index contributed by atoms with van der Waals surface area (Å²) in [5, 5.41) is 21.0. The van der Waals surface area contributed by atoms with E-state index in [2.05, 4.69) is 10.3 Å². The van der Waals surface area contributed by atoms with E-state index in [1.807, 2.05) is 6.07 Å². The zero-order valence-corrected chi connectivity index (χ0v) is 14.5. The van der Waals surface area contributed by atoms with Crippen LogP contribution in [0.15, 0.2) is 66.9 Å². The molecule has 0 aliphatic carbocycles. The summed E-state index contributed by atoms with van der Waals surface area (Å²) in [6, 6.07) is 16.5.